The minimum atomic E-state index is -0.120. The van der Waals surface area contributed by atoms with Crippen LogP contribution in [-0.2, 0) is 6.54 Å². The fraction of sp³-hybridized carbons (Fsp3) is 0.250. The lowest BCUT2D eigenvalue weighted by Crippen LogP contribution is -2.10. The van der Waals surface area contributed by atoms with Gasteiger partial charge in [0.15, 0.2) is 0 Å². The summed E-state index contributed by atoms with van der Waals surface area (Å²) in [5, 5.41) is 2.79. The molecule has 0 saturated carbocycles. The number of aryl methyl sites for hydroxylation is 1. The van der Waals surface area contributed by atoms with Crippen LogP contribution in [0.5, 0.6) is 0 Å². The Balaban J connectivity index is 2.61. The van der Waals surface area contributed by atoms with Crippen LogP contribution in [0.2, 0.25) is 0 Å². The maximum absolute atomic E-state index is 11.7. The molecule has 1 aromatic carbocycles. The average Bonchev–Trinajstić information content (AvgIpc) is 2.58. The Labute approximate surface area is 108 Å². The van der Waals surface area contributed by atoms with Crippen LogP contribution in [-0.4, -0.2) is 9.78 Å². The molecule has 0 aliphatic heterocycles. The summed E-state index contributed by atoms with van der Waals surface area (Å²) < 4.78 is 2.82. The van der Waals surface area contributed by atoms with Crippen LogP contribution in [0.25, 0.3) is 5.69 Å². The summed E-state index contributed by atoms with van der Waals surface area (Å²) in [7, 11) is 0. The maximum Gasteiger partial charge on any atom is 0.269 e. The third-order valence-corrected chi connectivity index (χ3v) is 3.75. The van der Waals surface area contributed by atoms with Gasteiger partial charge in [0.05, 0.1) is 11.3 Å². The number of halogens is 1. The number of aromatic nitrogens is 2. The van der Waals surface area contributed by atoms with E-state index in [2.05, 4.69) is 21.0 Å². The molecule has 0 radical (unpaired) electrons. The molecule has 2 aromatic rings. The summed E-state index contributed by atoms with van der Waals surface area (Å²) in [6.07, 6.45) is 0. The van der Waals surface area contributed by atoms with Gasteiger partial charge in [-0.2, -0.15) is 0 Å². The smallest absolute Gasteiger partial charge is 0.269 e. The number of benzene rings is 1. The van der Waals surface area contributed by atoms with Gasteiger partial charge < -0.3 is 5.73 Å². The van der Waals surface area contributed by atoms with Crippen LogP contribution < -0.4 is 11.3 Å². The van der Waals surface area contributed by atoms with Crippen molar-refractivity contribution < 1.29 is 0 Å². The lowest BCUT2D eigenvalue weighted by atomic mass is 10.2. The van der Waals surface area contributed by atoms with E-state index >= 15 is 0 Å². The standard InChI is InChI=1S/C12H14BrN3O/c1-7-5-9(3-4-11(7)13)16-8(2)10(6-14)12(17)15-16/h3-5H,6,14H2,1-2H3,(H,15,17). The van der Waals surface area contributed by atoms with Gasteiger partial charge in [-0.3, -0.25) is 14.6 Å². The normalized spacial score (nSPS) is 10.8. The summed E-state index contributed by atoms with van der Waals surface area (Å²) in [6.45, 7) is 4.15. The van der Waals surface area contributed by atoms with E-state index in [9.17, 15) is 4.79 Å². The molecule has 2 rings (SSSR count). The fourth-order valence-electron chi connectivity index (χ4n) is 1.82. The molecule has 0 aliphatic carbocycles. The van der Waals surface area contributed by atoms with E-state index in [1.165, 1.54) is 0 Å². The van der Waals surface area contributed by atoms with E-state index in [-0.39, 0.29) is 12.1 Å². The van der Waals surface area contributed by atoms with Crippen LogP contribution in [0, 0.1) is 13.8 Å². The first kappa shape index (κ1) is 12.1. The zero-order valence-corrected chi connectivity index (χ0v) is 11.3. The number of rotatable bonds is 2. The van der Waals surface area contributed by atoms with Gasteiger partial charge in [0.25, 0.3) is 5.56 Å². The number of H-pyrrole nitrogens is 1. The molecule has 90 valence electrons. The van der Waals surface area contributed by atoms with Gasteiger partial charge in [-0.15, -0.1) is 0 Å². The molecule has 0 saturated heterocycles. The molecule has 1 heterocycles. The molecule has 0 aliphatic rings. The van der Waals surface area contributed by atoms with Gasteiger partial charge in [0.1, 0.15) is 0 Å². The first-order chi connectivity index (χ1) is 8.04. The highest BCUT2D eigenvalue weighted by molar-refractivity contribution is 9.10. The van der Waals surface area contributed by atoms with Crippen molar-refractivity contribution in [3.63, 3.8) is 0 Å². The van der Waals surface area contributed by atoms with Gasteiger partial charge in [-0.25, -0.2) is 0 Å². The number of hydrogen-bond donors (Lipinski definition) is 2. The predicted octanol–water partition coefficient (Wildman–Crippen LogP) is 2.00. The molecular weight excluding hydrogens is 282 g/mol. The Morgan fingerprint density at radius 1 is 1.41 bits per heavy atom. The highest BCUT2D eigenvalue weighted by atomic mass is 79.9. The second kappa shape index (κ2) is 4.50. The SMILES string of the molecule is Cc1cc(-n2[nH]c(=O)c(CN)c2C)ccc1Br. The van der Waals surface area contributed by atoms with Gasteiger partial charge in [-0.1, -0.05) is 15.9 Å². The summed E-state index contributed by atoms with van der Waals surface area (Å²) in [6, 6.07) is 5.91. The van der Waals surface area contributed by atoms with Crippen molar-refractivity contribution in [2.45, 2.75) is 20.4 Å². The van der Waals surface area contributed by atoms with Crippen LogP contribution in [0.1, 0.15) is 16.8 Å². The highest BCUT2D eigenvalue weighted by Gasteiger charge is 2.10. The molecule has 0 amide bonds. The molecule has 4 nitrogen and oxygen atoms in total. The van der Waals surface area contributed by atoms with Crippen molar-refractivity contribution >= 4 is 15.9 Å². The lowest BCUT2D eigenvalue weighted by Gasteiger charge is -2.08. The van der Waals surface area contributed by atoms with Crippen molar-refractivity contribution in [3.05, 3.63) is 49.8 Å². The zero-order chi connectivity index (χ0) is 12.6. The molecule has 0 atom stereocenters. The maximum atomic E-state index is 11.7. The quantitative estimate of drug-likeness (QED) is 0.890. The minimum Gasteiger partial charge on any atom is -0.326 e. The third-order valence-electron chi connectivity index (χ3n) is 2.86. The molecule has 0 spiro atoms. The number of nitrogens with one attached hydrogen (secondary N) is 1. The second-order valence-electron chi connectivity index (χ2n) is 3.98. The van der Waals surface area contributed by atoms with Crippen LogP contribution in [0.3, 0.4) is 0 Å². The summed E-state index contributed by atoms with van der Waals surface area (Å²) in [5.74, 6) is 0. The van der Waals surface area contributed by atoms with Gasteiger partial charge in [-0.05, 0) is 37.6 Å². The van der Waals surface area contributed by atoms with Crippen molar-refractivity contribution in [1.29, 1.82) is 0 Å². The Morgan fingerprint density at radius 2 is 2.12 bits per heavy atom. The monoisotopic (exact) mass is 295 g/mol. The first-order valence-corrected chi connectivity index (χ1v) is 6.11. The van der Waals surface area contributed by atoms with Crippen molar-refractivity contribution in [2.75, 3.05) is 0 Å². The Hall–Kier alpha value is -1.33. The molecule has 17 heavy (non-hydrogen) atoms. The summed E-state index contributed by atoms with van der Waals surface area (Å²) in [5.41, 5.74) is 8.97. The Morgan fingerprint density at radius 3 is 2.65 bits per heavy atom. The predicted molar refractivity (Wildman–Crippen MR) is 71.5 cm³/mol. The van der Waals surface area contributed by atoms with E-state index in [0.29, 0.717) is 5.56 Å². The van der Waals surface area contributed by atoms with E-state index in [0.717, 1.165) is 21.4 Å². The first-order valence-electron chi connectivity index (χ1n) is 5.31. The van der Waals surface area contributed by atoms with E-state index < -0.39 is 0 Å². The lowest BCUT2D eigenvalue weighted by molar-refractivity contribution is 0.831. The molecular formula is C12H14BrN3O. The average molecular weight is 296 g/mol. The number of hydrogen-bond acceptors (Lipinski definition) is 2. The molecule has 0 bridgehead atoms. The van der Waals surface area contributed by atoms with E-state index in [1.54, 1.807) is 4.68 Å². The van der Waals surface area contributed by atoms with Gasteiger partial charge >= 0.3 is 0 Å². The second-order valence-corrected chi connectivity index (χ2v) is 4.83. The van der Waals surface area contributed by atoms with Crippen LogP contribution in [0.4, 0.5) is 0 Å². The molecule has 5 heteroatoms. The van der Waals surface area contributed by atoms with Crippen molar-refractivity contribution in [1.82, 2.24) is 9.78 Å². The number of nitrogens with zero attached hydrogens (tertiary/aromatic N) is 1. The minimum absolute atomic E-state index is 0.120. The van der Waals surface area contributed by atoms with Gasteiger partial charge in [0, 0.05) is 16.7 Å². The molecule has 0 fully saturated rings. The van der Waals surface area contributed by atoms with Gasteiger partial charge in [0.2, 0.25) is 0 Å². The third kappa shape index (κ3) is 2.08. The van der Waals surface area contributed by atoms with Crippen molar-refractivity contribution in [3.8, 4) is 5.69 Å². The van der Waals surface area contributed by atoms with Crippen LogP contribution >= 0.6 is 15.9 Å². The number of aromatic amines is 1. The van der Waals surface area contributed by atoms with E-state index in [4.69, 9.17) is 5.73 Å². The fourth-order valence-corrected chi connectivity index (χ4v) is 2.07. The summed E-state index contributed by atoms with van der Waals surface area (Å²) in [4.78, 5) is 11.7. The summed E-state index contributed by atoms with van der Waals surface area (Å²) >= 11 is 3.45. The molecule has 1 aromatic heterocycles. The molecule has 0 unspecified atom stereocenters. The Bertz CT molecular complexity index is 613. The largest absolute Gasteiger partial charge is 0.326 e. The van der Waals surface area contributed by atoms with Crippen LogP contribution in [0.15, 0.2) is 27.5 Å². The molecule has 3 N–H and O–H groups in total. The zero-order valence-electron chi connectivity index (χ0n) is 9.75. The van der Waals surface area contributed by atoms with E-state index in [1.807, 2.05) is 32.0 Å². The Kier molecular flexibility index (Phi) is 3.22. The number of nitrogens with two attached hydrogens (primary N) is 1. The topological polar surface area (TPSA) is 63.8 Å². The van der Waals surface area contributed by atoms with Crippen molar-refractivity contribution in [2.24, 2.45) is 5.73 Å². The highest BCUT2D eigenvalue weighted by Crippen LogP contribution is 2.20.